The van der Waals surface area contributed by atoms with Gasteiger partial charge in [-0.25, -0.2) is 14.6 Å². The standard InChI is InChI=1S/C37H42ClF3N8O2/c1-46-15-11-26(12-16-46)49-32-9-5-4-8-30(32)43-34(49)31(22-23-20-27(37(39,40)41)33(42)28(38)21-23)45-35(50)47-17-13-25(14-18-47)48-19-10-24-6-2-3-7-29(24)44-36(48)51/h2-9,20-21,25-26,31H,10-19,22,42H2,1H3,(H,44,51)(H,45,50). The number of nitrogens with two attached hydrogens (primary N) is 1. The Morgan fingerprint density at radius 3 is 2.43 bits per heavy atom. The van der Waals surface area contributed by atoms with E-state index in [4.69, 9.17) is 22.3 Å². The first-order valence-electron chi connectivity index (χ1n) is 17.5. The van der Waals surface area contributed by atoms with Crippen LogP contribution in [0.25, 0.3) is 11.0 Å². The van der Waals surface area contributed by atoms with Crippen molar-refractivity contribution >= 4 is 46.1 Å². The molecule has 1 unspecified atom stereocenters. The Kier molecular flexibility index (Phi) is 9.77. The highest BCUT2D eigenvalue weighted by atomic mass is 35.5. The van der Waals surface area contributed by atoms with Crippen LogP contribution in [-0.2, 0) is 19.0 Å². The second-order valence-corrected chi connectivity index (χ2v) is 14.3. The number of fused-ring (bicyclic) bond motifs is 2. The molecule has 10 nitrogen and oxygen atoms in total. The van der Waals surface area contributed by atoms with E-state index in [-0.39, 0.29) is 41.2 Å². The number of nitrogens with one attached hydrogen (secondary N) is 2. The Balaban J connectivity index is 1.15. The normalized spacial score (nSPS) is 18.7. The fourth-order valence-corrected chi connectivity index (χ4v) is 8.02. The minimum Gasteiger partial charge on any atom is -0.397 e. The second-order valence-electron chi connectivity index (χ2n) is 13.9. The van der Waals surface area contributed by atoms with E-state index >= 15 is 0 Å². The maximum Gasteiger partial charge on any atom is 0.418 e. The molecule has 3 aromatic carbocycles. The van der Waals surface area contributed by atoms with Crippen LogP contribution in [0.15, 0.2) is 60.7 Å². The number of urea groups is 2. The number of likely N-dealkylation sites (tertiary alicyclic amines) is 2. The molecular weight excluding hydrogens is 681 g/mol. The highest BCUT2D eigenvalue weighted by molar-refractivity contribution is 6.33. The molecule has 51 heavy (non-hydrogen) atoms. The van der Waals surface area contributed by atoms with Gasteiger partial charge in [-0.2, -0.15) is 13.2 Å². The van der Waals surface area contributed by atoms with Crippen LogP contribution in [0.3, 0.4) is 0 Å². The Bertz CT molecular complexity index is 1920. The van der Waals surface area contributed by atoms with Crippen LogP contribution in [0.4, 0.5) is 34.1 Å². The van der Waals surface area contributed by atoms with Gasteiger partial charge in [-0.3, -0.25) is 0 Å². The summed E-state index contributed by atoms with van der Waals surface area (Å²) in [6.45, 7) is 3.17. The van der Waals surface area contributed by atoms with Gasteiger partial charge in [-0.15, -0.1) is 0 Å². The summed E-state index contributed by atoms with van der Waals surface area (Å²) in [5, 5.41) is 6.00. The number of aromatic nitrogens is 2. The summed E-state index contributed by atoms with van der Waals surface area (Å²) in [6, 6.07) is 16.8. The van der Waals surface area contributed by atoms with Crippen molar-refractivity contribution in [3.8, 4) is 0 Å². The number of carbonyl (C=O) groups is 2. The molecule has 0 radical (unpaired) electrons. The topological polar surface area (TPSA) is 112 Å². The van der Waals surface area contributed by atoms with Gasteiger partial charge in [0.25, 0.3) is 0 Å². The van der Waals surface area contributed by atoms with Gasteiger partial charge in [0.15, 0.2) is 0 Å². The average Bonchev–Trinajstić information content (AvgIpc) is 3.41. The van der Waals surface area contributed by atoms with Gasteiger partial charge in [-0.1, -0.05) is 41.9 Å². The average molecular weight is 723 g/mol. The van der Waals surface area contributed by atoms with E-state index in [0.717, 1.165) is 60.7 Å². The number of piperidine rings is 2. The van der Waals surface area contributed by atoms with Gasteiger partial charge >= 0.3 is 18.2 Å². The third kappa shape index (κ3) is 7.32. The van der Waals surface area contributed by atoms with Gasteiger partial charge < -0.3 is 35.6 Å². The van der Waals surface area contributed by atoms with Crippen molar-refractivity contribution < 1.29 is 22.8 Å². The lowest BCUT2D eigenvalue weighted by molar-refractivity contribution is -0.137. The van der Waals surface area contributed by atoms with Gasteiger partial charge in [0, 0.05) is 43.8 Å². The van der Waals surface area contributed by atoms with Crippen LogP contribution in [0.1, 0.15) is 60.3 Å². The van der Waals surface area contributed by atoms with Crippen LogP contribution < -0.4 is 16.4 Å². The molecule has 3 aliphatic heterocycles. The molecule has 270 valence electrons. The van der Waals surface area contributed by atoms with Crippen molar-refractivity contribution in [2.45, 2.75) is 62.8 Å². The Morgan fingerprint density at radius 2 is 1.69 bits per heavy atom. The summed E-state index contributed by atoms with van der Waals surface area (Å²) < 4.78 is 44.2. The first kappa shape index (κ1) is 34.9. The Hall–Kier alpha value is -4.49. The van der Waals surface area contributed by atoms with E-state index < -0.39 is 23.5 Å². The van der Waals surface area contributed by atoms with Crippen LogP contribution in [0, 0.1) is 0 Å². The molecule has 4 amide bonds. The molecule has 3 aliphatic rings. The minimum absolute atomic E-state index is 0.00966. The van der Waals surface area contributed by atoms with Crippen molar-refractivity contribution in [3.05, 3.63) is 88.2 Å². The zero-order valence-electron chi connectivity index (χ0n) is 28.4. The zero-order chi connectivity index (χ0) is 35.9. The first-order chi connectivity index (χ1) is 24.5. The summed E-state index contributed by atoms with van der Waals surface area (Å²) in [7, 11) is 2.08. The second kappa shape index (κ2) is 14.3. The van der Waals surface area contributed by atoms with Crippen LogP contribution in [0.2, 0.25) is 5.02 Å². The lowest BCUT2D eigenvalue weighted by atomic mass is 9.99. The van der Waals surface area contributed by atoms with Crippen molar-refractivity contribution in [1.29, 1.82) is 0 Å². The first-order valence-corrected chi connectivity index (χ1v) is 17.9. The number of alkyl halides is 3. The number of anilines is 2. The molecule has 14 heteroatoms. The maximum absolute atomic E-state index is 14.1. The monoisotopic (exact) mass is 722 g/mol. The predicted octanol–water partition coefficient (Wildman–Crippen LogP) is 7.11. The van der Waals surface area contributed by atoms with E-state index in [9.17, 15) is 22.8 Å². The van der Waals surface area contributed by atoms with Crippen molar-refractivity contribution in [1.82, 2.24) is 29.6 Å². The molecule has 4 heterocycles. The Morgan fingerprint density at radius 1 is 1.00 bits per heavy atom. The van der Waals surface area contributed by atoms with E-state index in [1.807, 2.05) is 53.4 Å². The number of benzene rings is 3. The van der Waals surface area contributed by atoms with Gasteiger partial charge in [-0.05, 0) is 93.7 Å². The van der Waals surface area contributed by atoms with Crippen molar-refractivity contribution in [2.75, 3.05) is 50.8 Å². The number of halogens is 4. The van der Waals surface area contributed by atoms with E-state index in [0.29, 0.717) is 38.3 Å². The summed E-state index contributed by atoms with van der Waals surface area (Å²) in [6.07, 6.45) is -1.05. The lowest BCUT2D eigenvalue weighted by Crippen LogP contribution is -2.52. The lowest BCUT2D eigenvalue weighted by Gasteiger charge is -2.38. The molecule has 0 spiro atoms. The summed E-state index contributed by atoms with van der Waals surface area (Å²) in [4.78, 5) is 38.1. The summed E-state index contributed by atoms with van der Waals surface area (Å²) in [5.74, 6) is 0.580. The molecule has 0 saturated carbocycles. The molecule has 4 aromatic rings. The Labute approximate surface area is 299 Å². The smallest absolute Gasteiger partial charge is 0.397 e. The maximum atomic E-state index is 14.1. The number of para-hydroxylation sites is 3. The zero-order valence-corrected chi connectivity index (χ0v) is 29.2. The van der Waals surface area contributed by atoms with Crippen LogP contribution >= 0.6 is 11.6 Å². The number of hydrogen-bond acceptors (Lipinski definition) is 5. The molecule has 0 bridgehead atoms. The fraction of sp³-hybridized carbons (Fsp3) is 0.432. The predicted molar refractivity (Wildman–Crippen MR) is 192 cm³/mol. The molecule has 1 atom stereocenters. The largest absolute Gasteiger partial charge is 0.418 e. The number of carbonyl (C=O) groups excluding carboxylic acids is 2. The number of nitrogens with zero attached hydrogens (tertiary/aromatic N) is 5. The highest BCUT2D eigenvalue weighted by Gasteiger charge is 2.36. The number of hydrogen-bond donors (Lipinski definition) is 3. The molecule has 2 saturated heterocycles. The van der Waals surface area contributed by atoms with Crippen molar-refractivity contribution in [3.63, 3.8) is 0 Å². The van der Waals surface area contributed by atoms with Crippen LogP contribution in [0.5, 0.6) is 0 Å². The van der Waals surface area contributed by atoms with Crippen molar-refractivity contribution in [2.24, 2.45) is 0 Å². The number of amides is 4. The third-order valence-electron chi connectivity index (χ3n) is 10.6. The van der Waals surface area contributed by atoms with Gasteiger partial charge in [0.05, 0.1) is 33.3 Å². The van der Waals surface area contributed by atoms with Gasteiger partial charge in [0.2, 0.25) is 0 Å². The fourth-order valence-electron chi connectivity index (χ4n) is 7.77. The SMILES string of the molecule is CN1CCC(n2c(C(Cc3cc(Cl)c(N)c(C(F)(F)F)c3)NC(=O)N3CCC(N4CCc5ccccc5NC4=O)CC3)nc3ccccc32)CC1. The molecule has 2 fully saturated rings. The van der Waals surface area contributed by atoms with E-state index in [1.165, 1.54) is 6.07 Å². The summed E-state index contributed by atoms with van der Waals surface area (Å²) in [5.41, 5.74) is 8.07. The summed E-state index contributed by atoms with van der Waals surface area (Å²) >= 11 is 6.26. The third-order valence-corrected chi connectivity index (χ3v) is 10.9. The quantitative estimate of drug-likeness (QED) is 0.184. The number of rotatable bonds is 6. The molecule has 0 aliphatic carbocycles. The van der Waals surface area contributed by atoms with Crippen LogP contribution in [-0.4, -0.2) is 82.1 Å². The van der Waals surface area contributed by atoms with E-state index in [1.54, 1.807) is 4.90 Å². The number of nitrogen functional groups attached to an aromatic ring is 1. The molecular formula is C37H42ClF3N8O2. The van der Waals surface area contributed by atoms with Gasteiger partial charge in [0.1, 0.15) is 5.82 Å². The van der Waals surface area contributed by atoms with E-state index in [2.05, 4.69) is 27.1 Å². The molecule has 4 N–H and O–H groups in total. The highest BCUT2D eigenvalue weighted by Crippen LogP contribution is 2.39. The molecule has 1 aromatic heterocycles. The molecule has 7 rings (SSSR count). The number of imidazole rings is 1. The minimum atomic E-state index is -4.71.